The molecule has 1 aromatic rings. The molecule has 1 aliphatic heterocycles. The van der Waals surface area contributed by atoms with Crippen LogP contribution in [0.1, 0.15) is 25.5 Å². The van der Waals surface area contributed by atoms with Crippen molar-refractivity contribution in [3.8, 4) is 0 Å². The molecular formula is C12H21N3O2. The third-order valence-electron chi connectivity index (χ3n) is 2.97. The monoisotopic (exact) mass is 239 g/mol. The smallest absolute Gasteiger partial charge is 0.100 e. The van der Waals surface area contributed by atoms with Crippen LogP contribution in [0.3, 0.4) is 0 Å². The first-order chi connectivity index (χ1) is 8.35. The summed E-state index contributed by atoms with van der Waals surface area (Å²) in [6, 6.07) is 0.167. The number of hydrogen-bond acceptors (Lipinski definition) is 4. The van der Waals surface area contributed by atoms with Crippen LogP contribution in [0.5, 0.6) is 0 Å². The summed E-state index contributed by atoms with van der Waals surface area (Å²) in [5.74, 6) is 0. The highest BCUT2D eigenvalue weighted by molar-refractivity contribution is 5.12. The van der Waals surface area contributed by atoms with E-state index in [1.54, 1.807) is 0 Å². The minimum Gasteiger partial charge on any atom is -0.376 e. The number of likely N-dealkylation sites (N-methyl/N-ethyl adjacent to an activating group) is 1. The van der Waals surface area contributed by atoms with Crippen molar-refractivity contribution < 1.29 is 9.47 Å². The Morgan fingerprint density at radius 2 is 2.41 bits per heavy atom. The average molecular weight is 239 g/mol. The molecule has 2 unspecified atom stereocenters. The van der Waals surface area contributed by atoms with Gasteiger partial charge in [0.1, 0.15) is 6.10 Å². The van der Waals surface area contributed by atoms with Crippen molar-refractivity contribution >= 4 is 0 Å². The topological polar surface area (TPSA) is 48.3 Å². The van der Waals surface area contributed by atoms with Gasteiger partial charge >= 0.3 is 0 Å². The maximum absolute atomic E-state index is 5.77. The summed E-state index contributed by atoms with van der Waals surface area (Å²) < 4.78 is 13.2. The lowest BCUT2D eigenvalue weighted by Gasteiger charge is -2.30. The predicted molar refractivity (Wildman–Crippen MR) is 64.9 cm³/mol. The Kier molecular flexibility index (Phi) is 4.53. The van der Waals surface area contributed by atoms with E-state index in [0.29, 0.717) is 19.8 Å². The summed E-state index contributed by atoms with van der Waals surface area (Å²) in [4.78, 5) is 0. The van der Waals surface area contributed by atoms with Gasteiger partial charge in [0, 0.05) is 18.3 Å². The molecule has 1 aromatic heterocycles. The third kappa shape index (κ3) is 3.06. The van der Waals surface area contributed by atoms with E-state index in [1.165, 1.54) is 5.56 Å². The van der Waals surface area contributed by atoms with Crippen LogP contribution in [-0.2, 0) is 16.0 Å². The molecule has 0 radical (unpaired) electrons. The van der Waals surface area contributed by atoms with E-state index in [9.17, 15) is 0 Å². The number of aromatic nitrogens is 2. The summed E-state index contributed by atoms with van der Waals surface area (Å²) in [5, 5.41) is 7.76. The van der Waals surface area contributed by atoms with Crippen molar-refractivity contribution in [2.75, 3.05) is 26.4 Å². The third-order valence-corrected chi connectivity index (χ3v) is 2.97. The van der Waals surface area contributed by atoms with E-state index >= 15 is 0 Å². The Bertz CT molecular complexity index is 334. The normalized spacial score (nSPS) is 22.6. The lowest BCUT2D eigenvalue weighted by atomic mass is 10.1. The van der Waals surface area contributed by atoms with E-state index < -0.39 is 0 Å². The molecule has 0 bridgehead atoms. The summed E-state index contributed by atoms with van der Waals surface area (Å²) >= 11 is 0. The van der Waals surface area contributed by atoms with Gasteiger partial charge in [0.25, 0.3) is 0 Å². The Morgan fingerprint density at radius 1 is 1.53 bits per heavy atom. The number of hydrogen-bond donors (Lipinski definition) is 1. The molecule has 2 atom stereocenters. The van der Waals surface area contributed by atoms with Crippen LogP contribution in [0.15, 0.2) is 12.4 Å². The highest BCUT2D eigenvalue weighted by Gasteiger charge is 2.26. The standard InChI is InChI=1S/C12H21N3O2/c1-3-13-12(11-9-16-5-6-17-11)10-7-14-15(4-2)8-10/h7-8,11-13H,3-6,9H2,1-2H3. The number of nitrogens with zero attached hydrogens (tertiary/aromatic N) is 2. The van der Waals surface area contributed by atoms with Gasteiger partial charge in [-0.3, -0.25) is 4.68 Å². The second-order valence-corrected chi connectivity index (χ2v) is 4.15. The molecule has 0 aliphatic carbocycles. The van der Waals surface area contributed by atoms with Gasteiger partial charge in [0.05, 0.1) is 32.1 Å². The van der Waals surface area contributed by atoms with E-state index in [-0.39, 0.29) is 12.1 Å². The predicted octanol–water partition coefficient (Wildman–Crippen LogP) is 0.969. The molecule has 5 heteroatoms. The van der Waals surface area contributed by atoms with Crippen molar-refractivity contribution in [1.82, 2.24) is 15.1 Å². The minimum absolute atomic E-state index is 0.0817. The van der Waals surface area contributed by atoms with Crippen molar-refractivity contribution in [2.45, 2.75) is 32.5 Å². The van der Waals surface area contributed by atoms with Crippen LogP contribution >= 0.6 is 0 Å². The molecule has 0 amide bonds. The summed E-state index contributed by atoms with van der Waals surface area (Å²) in [5.41, 5.74) is 1.17. The lowest BCUT2D eigenvalue weighted by molar-refractivity contribution is -0.102. The number of ether oxygens (including phenoxy) is 2. The molecule has 0 saturated carbocycles. The first-order valence-corrected chi connectivity index (χ1v) is 6.30. The van der Waals surface area contributed by atoms with E-state index in [2.05, 4.69) is 30.5 Å². The lowest BCUT2D eigenvalue weighted by Crippen LogP contribution is -2.40. The minimum atomic E-state index is 0.0817. The van der Waals surface area contributed by atoms with E-state index in [1.807, 2.05) is 10.9 Å². The quantitative estimate of drug-likeness (QED) is 0.831. The molecule has 2 rings (SSSR count). The fourth-order valence-corrected chi connectivity index (χ4v) is 2.10. The molecule has 1 N–H and O–H groups in total. The van der Waals surface area contributed by atoms with E-state index in [4.69, 9.17) is 9.47 Å². The Morgan fingerprint density at radius 3 is 3.00 bits per heavy atom. The zero-order chi connectivity index (χ0) is 12.1. The van der Waals surface area contributed by atoms with Gasteiger partial charge in [0.15, 0.2) is 0 Å². The van der Waals surface area contributed by atoms with Crippen molar-refractivity contribution in [1.29, 1.82) is 0 Å². The molecule has 1 saturated heterocycles. The highest BCUT2D eigenvalue weighted by Crippen LogP contribution is 2.21. The first kappa shape index (κ1) is 12.5. The fraction of sp³-hybridized carbons (Fsp3) is 0.750. The van der Waals surface area contributed by atoms with Crippen LogP contribution in [-0.4, -0.2) is 42.2 Å². The van der Waals surface area contributed by atoms with Crippen molar-refractivity contribution in [2.24, 2.45) is 0 Å². The highest BCUT2D eigenvalue weighted by atomic mass is 16.6. The van der Waals surface area contributed by atoms with Gasteiger partial charge in [-0.25, -0.2) is 0 Å². The van der Waals surface area contributed by atoms with Crippen LogP contribution in [0.2, 0.25) is 0 Å². The van der Waals surface area contributed by atoms with Gasteiger partial charge in [-0.05, 0) is 13.5 Å². The molecule has 0 spiro atoms. The van der Waals surface area contributed by atoms with Gasteiger partial charge < -0.3 is 14.8 Å². The molecule has 5 nitrogen and oxygen atoms in total. The zero-order valence-electron chi connectivity index (χ0n) is 10.6. The fourth-order valence-electron chi connectivity index (χ4n) is 2.10. The summed E-state index contributed by atoms with van der Waals surface area (Å²) in [7, 11) is 0. The maximum atomic E-state index is 5.77. The van der Waals surface area contributed by atoms with Gasteiger partial charge in [0.2, 0.25) is 0 Å². The second kappa shape index (κ2) is 6.14. The molecule has 2 heterocycles. The van der Waals surface area contributed by atoms with Crippen molar-refractivity contribution in [3.05, 3.63) is 18.0 Å². The molecular weight excluding hydrogens is 218 g/mol. The van der Waals surface area contributed by atoms with Gasteiger partial charge in [-0.1, -0.05) is 6.92 Å². The SMILES string of the molecule is CCNC(c1cnn(CC)c1)C1COCCO1. The van der Waals surface area contributed by atoms with Gasteiger partial charge in [-0.2, -0.15) is 5.10 Å². The molecule has 1 aliphatic rings. The number of nitrogens with one attached hydrogen (secondary N) is 1. The molecule has 1 fully saturated rings. The Balaban J connectivity index is 2.09. The van der Waals surface area contributed by atoms with Crippen LogP contribution < -0.4 is 5.32 Å². The molecule has 17 heavy (non-hydrogen) atoms. The Labute approximate surface area is 102 Å². The largest absolute Gasteiger partial charge is 0.376 e. The summed E-state index contributed by atoms with van der Waals surface area (Å²) in [6.45, 7) is 8.00. The summed E-state index contributed by atoms with van der Waals surface area (Å²) in [6.07, 6.45) is 4.07. The first-order valence-electron chi connectivity index (χ1n) is 6.30. The number of rotatable bonds is 5. The van der Waals surface area contributed by atoms with Crippen molar-refractivity contribution in [3.63, 3.8) is 0 Å². The molecule has 0 aromatic carbocycles. The van der Waals surface area contributed by atoms with Crippen LogP contribution in [0.25, 0.3) is 0 Å². The van der Waals surface area contributed by atoms with E-state index in [0.717, 1.165) is 13.1 Å². The van der Waals surface area contributed by atoms with Gasteiger partial charge in [-0.15, -0.1) is 0 Å². The zero-order valence-corrected chi connectivity index (χ0v) is 10.6. The Hall–Kier alpha value is -0.910. The second-order valence-electron chi connectivity index (χ2n) is 4.15. The number of aryl methyl sites for hydroxylation is 1. The average Bonchev–Trinajstić information content (AvgIpc) is 2.85. The molecule has 96 valence electrons. The van der Waals surface area contributed by atoms with Crippen LogP contribution in [0.4, 0.5) is 0 Å². The maximum Gasteiger partial charge on any atom is 0.100 e. The van der Waals surface area contributed by atoms with Crippen LogP contribution in [0, 0.1) is 0 Å².